The van der Waals surface area contributed by atoms with Crippen molar-refractivity contribution in [2.24, 2.45) is 0 Å². The lowest BCUT2D eigenvalue weighted by molar-refractivity contribution is 0.0962. The highest BCUT2D eigenvalue weighted by Gasteiger charge is 2.30. The van der Waals surface area contributed by atoms with Crippen LogP contribution in [0.5, 0.6) is 0 Å². The number of amides is 2. The maximum atomic E-state index is 12.6. The fourth-order valence-corrected chi connectivity index (χ4v) is 4.60. The molecule has 2 aromatic carbocycles. The Hall–Kier alpha value is -2.13. The second-order valence-corrected chi connectivity index (χ2v) is 8.77. The summed E-state index contributed by atoms with van der Waals surface area (Å²) in [7, 11) is -2.34. The van der Waals surface area contributed by atoms with Gasteiger partial charge in [0.05, 0.1) is 15.6 Å². The SMILES string of the molecule is CNC(=O)c1ccc(NC(=O)c2cc(S(=O)(=O)NC3CC3)c(Cl)cc2Cl)cc1. The number of carbonyl (C=O) groups excluding carboxylic acids is 2. The molecule has 28 heavy (non-hydrogen) atoms. The van der Waals surface area contributed by atoms with E-state index < -0.39 is 15.9 Å². The average molecular weight is 442 g/mol. The van der Waals surface area contributed by atoms with E-state index in [1.54, 1.807) is 24.3 Å². The predicted octanol–water partition coefficient (Wildman–Crippen LogP) is 3.05. The maximum absolute atomic E-state index is 12.6. The highest BCUT2D eigenvalue weighted by molar-refractivity contribution is 7.89. The molecule has 3 rings (SSSR count). The lowest BCUT2D eigenvalue weighted by atomic mass is 10.1. The number of halogens is 2. The van der Waals surface area contributed by atoms with Crippen molar-refractivity contribution >= 4 is 50.7 Å². The molecule has 0 aliphatic heterocycles. The molecule has 1 aliphatic rings. The Morgan fingerprint density at radius 3 is 2.21 bits per heavy atom. The summed E-state index contributed by atoms with van der Waals surface area (Å²) in [4.78, 5) is 24.0. The van der Waals surface area contributed by atoms with Crippen molar-refractivity contribution < 1.29 is 18.0 Å². The molecule has 10 heteroatoms. The van der Waals surface area contributed by atoms with Gasteiger partial charge in [-0.15, -0.1) is 0 Å². The molecule has 0 atom stereocenters. The van der Waals surface area contributed by atoms with Crippen molar-refractivity contribution in [3.05, 3.63) is 57.6 Å². The molecule has 7 nitrogen and oxygen atoms in total. The topological polar surface area (TPSA) is 104 Å². The molecule has 148 valence electrons. The number of anilines is 1. The van der Waals surface area contributed by atoms with Gasteiger partial charge in [0.25, 0.3) is 11.8 Å². The molecule has 2 amide bonds. The van der Waals surface area contributed by atoms with Crippen molar-refractivity contribution in [1.82, 2.24) is 10.0 Å². The molecule has 0 unspecified atom stereocenters. The molecule has 0 heterocycles. The van der Waals surface area contributed by atoms with E-state index in [4.69, 9.17) is 23.2 Å². The maximum Gasteiger partial charge on any atom is 0.257 e. The predicted molar refractivity (Wildman–Crippen MR) is 108 cm³/mol. The first kappa shape index (κ1) is 20.6. The van der Waals surface area contributed by atoms with Crippen LogP contribution < -0.4 is 15.4 Å². The van der Waals surface area contributed by atoms with E-state index >= 15 is 0 Å². The molecule has 1 saturated carbocycles. The number of benzene rings is 2. The minimum Gasteiger partial charge on any atom is -0.355 e. The Kier molecular flexibility index (Phi) is 5.95. The van der Waals surface area contributed by atoms with Crippen molar-refractivity contribution in [3.8, 4) is 0 Å². The van der Waals surface area contributed by atoms with Crippen molar-refractivity contribution in [2.75, 3.05) is 12.4 Å². The summed E-state index contributed by atoms with van der Waals surface area (Å²) in [5.74, 6) is -0.853. The van der Waals surface area contributed by atoms with Gasteiger partial charge in [0.2, 0.25) is 10.0 Å². The molecule has 1 aliphatic carbocycles. The molecule has 1 fully saturated rings. The quantitative estimate of drug-likeness (QED) is 0.640. The number of rotatable bonds is 6. The van der Waals surface area contributed by atoms with Crippen molar-refractivity contribution in [2.45, 2.75) is 23.8 Å². The molecule has 0 aromatic heterocycles. The van der Waals surface area contributed by atoms with E-state index in [0.29, 0.717) is 11.3 Å². The number of carbonyl (C=O) groups is 2. The third-order valence-electron chi connectivity index (χ3n) is 4.09. The van der Waals surface area contributed by atoms with Gasteiger partial charge in [0, 0.05) is 24.3 Å². The summed E-state index contributed by atoms with van der Waals surface area (Å²) in [6.07, 6.45) is 1.54. The van der Waals surface area contributed by atoms with Crippen molar-refractivity contribution in [1.29, 1.82) is 0 Å². The molecular formula is C18H17Cl2N3O4S. The van der Waals surface area contributed by atoms with Crippen LogP contribution in [-0.2, 0) is 10.0 Å². The Balaban J connectivity index is 1.85. The van der Waals surface area contributed by atoms with Crippen LogP contribution in [0.15, 0.2) is 41.3 Å². The lowest BCUT2D eigenvalue weighted by Gasteiger charge is -2.12. The van der Waals surface area contributed by atoms with Gasteiger partial charge in [-0.2, -0.15) is 0 Å². The van der Waals surface area contributed by atoms with Gasteiger partial charge in [-0.3, -0.25) is 9.59 Å². The zero-order chi connectivity index (χ0) is 20.5. The molecule has 0 saturated heterocycles. The van der Waals surface area contributed by atoms with Gasteiger partial charge in [-0.25, -0.2) is 13.1 Å². The fourth-order valence-electron chi connectivity index (χ4n) is 2.44. The Morgan fingerprint density at radius 1 is 1.00 bits per heavy atom. The first-order chi connectivity index (χ1) is 13.2. The van der Waals surface area contributed by atoms with Crippen LogP contribution in [0.3, 0.4) is 0 Å². The molecule has 3 N–H and O–H groups in total. The summed E-state index contributed by atoms with van der Waals surface area (Å²) < 4.78 is 27.5. The monoisotopic (exact) mass is 441 g/mol. The smallest absolute Gasteiger partial charge is 0.257 e. The third-order valence-corrected chi connectivity index (χ3v) is 6.38. The lowest BCUT2D eigenvalue weighted by Crippen LogP contribution is -2.26. The van der Waals surface area contributed by atoms with Crippen LogP contribution in [0.4, 0.5) is 5.69 Å². The first-order valence-electron chi connectivity index (χ1n) is 8.36. The number of hydrogen-bond acceptors (Lipinski definition) is 4. The minimum absolute atomic E-state index is 0.0230. The summed E-state index contributed by atoms with van der Waals surface area (Å²) in [6, 6.07) is 8.49. The standard InChI is InChI=1S/C18H17Cl2N3O4S/c1-21-17(24)10-2-4-11(5-3-10)22-18(25)13-8-16(15(20)9-14(13)19)28(26,27)23-12-6-7-12/h2-5,8-9,12,23H,6-7H2,1H3,(H,21,24)(H,22,25). The average Bonchev–Trinajstić information content (AvgIpc) is 3.44. The van der Waals surface area contributed by atoms with Gasteiger partial charge in [-0.05, 0) is 49.2 Å². The fraction of sp³-hybridized carbons (Fsp3) is 0.222. The minimum atomic E-state index is -3.86. The van der Waals surface area contributed by atoms with E-state index in [1.165, 1.54) is 13.1 Å². The van der Waals surface area contributed by atoms with Gasteiger partial charge in [0.1, 0.15) is 4.90 Å². The molecule has 0 spiro atoms. The number of nitrogens with one attached hydrogen (secondary N) is 3. The molecular weight excluding hydrogens is 425 g/mol. The largest absolute Gasteiger partial charge is 0.355 e. The Morgan fingerprint density at radius 2 is 1.64 bits per heavy atom. The second kappa shape index (κ2) is 8.08. The second-order valence-electron chi connectivity index (χ2n) is 6.27. The van der Waals surface area contributed by atoms with Crippen LogP contribution in [0, 0.1) is 0 Å². The van der Waals surface area contributed by atoms with Crippen LogP contribution in [0.25, 0.3) is 0 Å². The van der Waals surface area contributed by atoms with Crippen LogP contribution in [-0.4, -0.2) is 33.3 Å². The normalized spacial score (nSPS) is 13.8. The molecule has 2 aromatic rings. The Bertz CT molecular complexity index is 1040. The first-order valence-corrected chi connectivity index (χ1v) is 10.6. The zero-order valence-electron chi connectivity index (χ0n) is 14.8. The van der Waals surface area contributed by atoms with E-state index in [1.807, 2.05) is 0 Å². The summed E-state index contributed by atoms with van der Waals surface area (Å²) in [5, 5.41) is 5.08. The highest BCUT2D eigenvalue weighted by Crippen LogP contribution is 2.31. The number of sulfonamides is 1. The van der Waals surface area contributed by atoms with Crippen molar-refractivity contribution in [3.63, 3.8) is 0 Å². The van der Waals surface area contributed by atoms with E-state index in [9.17, 15) is 18.0 Å². The van der Waals surface area contributed by atoms with Crippen LogP contribution in [0.2, 0.25) is 10.0 Å². The van der Waals surface area contributed by atoms with Gasteiger partial charge < -0.3 is 10.6 Å². The van der Waals surface area contributed by atoms with E-state index in [2.05, 4.69) is 15.4 Å². The zero-order valence-corrected chi connectivity index (χ0v) is 17.1. The van der Waals surface area contributed by atoms with E-state index in [0.717, 1.165) is 18.9 Å². The number of hydrogen-bond donors (Lipinski definition) is 3. The summed E-state index contributed by atoms with van der Waals surface area (Å²) in [6.45, 7) is 0. The third kappa shape index (κ3) is 4.64. The van der Waals surface area contributed by atoms with Gasteiger partial charge in [0.15, 0.2) is 0 Å². The van der Waals surface area contributed by atoms with Crippen LogP contribution >= 0.6 is 23.2 Å². The Labute approximate surface area is 172 Å². The molecule has 0 radical (unpaired) electrons. The van der Waals surface area contributed by atoms with Crippen LogP contribution in [0.1, 0.15) is 33.6 Å². The molecule has 0 bridgehead atoms. The van der Waals surface area contributed by atoms with E-state index in [-0.39, 0.29) is 32.5 Å². The van der Waals surface area contributed by atoms with Gasteiger partial charge >= 0.3 is 0 Å². The van der Waals surface area contributed by atoms with Gasteiger partial charge in [-0.1, -0.05) is 23.2 Å². The highest BCUT2D eigenvalue weighted by atomic mass is 35.5. The summed E-state index contributed by atoms with van der Waals surface area (Å²) in [5.41, 5.74) is 0.825. The summed E-state index contributed by atoms with van der Waals surface area (Å²) >= 11 is 12.1.